The summed E-state index contributed by atoms with van der Waals surface area (Å²) in [6, 6.07) is 8.46. The normalized spacial score (nSPS) is 15.6. The molecule has 0 fully saturated rings. The number of aliphatic carboxylic acids is 3. The van der Waals surface area contributed by atoms with Gasteiger partial charge in [0.25, 0.3) is 0 Å². The van der Waals surface area contributed by atoms with Crippen molar-refractivity contribution in [2.24, 2.45) is 0 Å². The quantitative estimate of drug-likeness (QED) is 0.235. The Morgan fingerprint density at radius 2 is 0.957 bits per heavy atom. The predicted octanol–water partition coefficient (Wildman–Crippen LogP) is -0.0228. The summed E-state index contributed by atoms with van der Waals surface area (Å²) >= 11 is 0. The Bertz CT molecular complexity index is 1440. The molecule has 17 heteroatoms. The Hall–Kier alpha value is -5.39. The van der Waals surface area contributed by atoms with Crippen LogP contribution in [0, 0.1) is 0 Å². The van der Waals surface area contributed by atoms with E-state index in [1.54, 1.807) is 0 Å². The van der Waals surface area contributed by atoms with Crippen LogP contribution < -0.4 is 10.6 Å². The average Bonchev–Trinajstić information content (AvgIpc) is 3.00. The highest BCUT2D eigenvalue weighted by molar-refractivity contribution is 6.04. The van der Waals surface area contributed by atoms with E-state index in [1.165, 1.54) is 65.3 Å². The van der Waals surface area contributed by atoms with Gasteiger partial charge < -0.3 is 35.4 Å². The van der Waals surface area contributed by atoms with Crippen molar-refractivity contribution in [1.82, 2.24) is 14.7 Å². The zero-order valence-electron chi connectivity index (χ0n) is 25.7. The van der Waals surface area contributed by atoms with E-state index in [9.17, 15) is 48.9 Å². The third-order valence-electron chi connectivity index (χ3n) is 7.00. The number of anilines is 2. The number of nitrogens with zero attached hydrogens (tertiary/aromatic N) is 3. The number of benzene rings is 2. The third-order valence-corrected chi connectivity index (χ3v) is 7.00. The van der Waals surface area contributed by atoms with E-state index in [0.717, 1.165) is 0 Å². The second-order valence-corrected chi connectivity index (χ2v) is 10.5. The molecule has 0 saturated heterocycles. The molecule has 5 N–H and O–H groups in total. The largest absolute Gasteiger partial charge is 0.480 e. The Morgan fingerprint density at radius 1 is 0.617 bits per heavy atom. The second kappa shape index (κ2) is 16.8. The Morgan fingerprint density at radius 3 is 1.30 bits per heavy atom. The number of carboxylic acid groups (broad SMARTS) is 3. The third kappa shape index (κ3) is 10.9. The molecule has 2 amide bonds. The molecule has 0 unspecified atom stereocenters. The maximum absolute atomic E-state index is 13.3. The summed E-state index contributed by atoms with van der Waals surface area (Å²) in [6.07, 6.45) is 0. The maximum atomic E-state index is 13.3. The zero-order chi connectivity index (χ0) is 34.7. The van der Waals surface area contributed by atoms with Crippen molar-refractivity contribution in [3.63, 3.8) is 0 Å². The van der Waals surface area contributed by atoms with Crippen LogP contribution in [0.5, 0.6) is 0 Å². The van der Waals surface area contributed by atoms with Gasteiger partial charge in [-0.2, -0.15) is 0 Å². The molecule has 0 spiro atoms. The zero-order valence-corrected chi connectivity index (χ0v) is 25.7. The van der Waals surface area contributed by atoms with Crippen LogP contribution in [0.25, 0.3) is 11.1 Å². The number of rotatable bonds is 8. The Labute approximate surface area is 268 Å². The summed E-state index contributed by atoms with van der Waals surface area (Å²) in [6.45, 7) is -2.61. The summed E-state index contributed by atoms with van der Waals surface area (Å²) in [7, 11) is 2.34. The van der Waals surface area contributed by atoms with E-state index < -0.39 is 74.4 Å². The monoisotopic (exact) mass is 657 g/mol. The molecule has 0 bridgehead atoms. The minimum atomic E-state index is -1.24. The number of esters is 2. The molecule has 0 radical (unpaired) electrons. The van der Waals surface area contributed by atoms with E-state index in [1.807, 2.05) is 0 Å². The fourth-order valence-corrected chi connectivity index (χ4v) is 4.88. The lowest BCUT2D eigenvalue weighted by Gasteiger charge is -2.28. The fraction of sp³-hybridized carbons (Fsp3) is 0.367. The molecule has 0 atom stereocenters. The predicted molar refractivity (Wildman–Crippen MR) is 164 cm³/mol. The van der Waals surface area contributed by atoms with Gasteiger partial charge in [0, 0.05) is 48.7 Å². The van der Waals surface area contributed by atoms with E-state index >= 15 is 0 Å². The van der Waals surface area contributed by atoms with Crippen molar-refractivity contribution in [2.75, 3.05) is 83.8 Å². The summed E-state index contributed by atoms with van der Waals surface area (Å²) in [5.41, 5.74) is 0.872. The SMILES string of the molecule is COC(=O)c1ccc2c(c1)NC(=O)CN(CC(=O)O)CCN(CC(=O)O)CCN(CC(=O)O)CC(=O)Nc1cc(C(=O)OC)ccc1-2. The molecule has 17 nitrogen and oxygen atoms in total. The van der Waals surface area contributed by atoms with Crippen molar-refractivity contribution < 1.29 is 58.4 Å². The van der Waals surface area contributed by atoms with E-state index in [-0.39, 0.29) is 48.7 Å². The van der Waals surface area contributed by atoms with E-state index in [4.69, 9.17) is 9.47 Å². The van der Waals surface area contributed by atoms with Crippen LogP contribution in [0.3, 0.4) is 0 Å². The van der Waals surface area contributed by atoms with Crippen molar-refractivity contribution in [3.05, 3.63) is 47.5 Å². The summed E-state index contributed by atoms with van der Waals surface area (Å²) < 4.78 is 9.61. The minimum Gasteiger partial charge on any atom is -0.480 e. The first-order valence-corrected chi connectivity index (χ1v) is 14.2. The molecular formula is C30H35N5O12. The number of hydrogen-bond acceptors (Lipinski definition) is 12. The second-order valence-electron chi connectivity index (χ2n) is 10.5. The molecule has 0 aliphatic carbocycles. The van der Waals surface area contributed by atoms with Gasteiger partial charge in [-0.1, -0.05) is 12.1 Å². The van der Waals surface area contributed by atoms with Gasteiger partial charge in [-0.05, 0) is 24.3 Å². The van der Waals surface area contributed by atoms with Gasteiger partial charge in [-0.15, -0.1) is 0 Å². The van der Waals surface area contributed by atoms with Crippen LogP contribution in [-0.4, -0.2) is 145 Å². The van der Waals surface area contributed by atoms with Crippen molar-refractivity contribution in [2.45, 2.75) is 0 Å². The number of carbonyl (C=O) groups excluding carboxylic acids is 4. The van der Waals surface area contributed by atoms with Crippen molar-refractivity contribution in [3.8, 4) is 11.1 Å². The van der Waals surface area contributed by atoms with Crippen LogP contribution in [0.1, 0.15) is 20.7 Å². The lowest BCUT2D eigenvalue weighted by molar-refractivity contribution is -0.140. The molecule has 2 aromatic carbocycles. The highest BCUT2D eigenvalue weighted by Crippen LogP contribution is 2.36. The molecule has 1 aliphatic rings. The van der Waals surface area contributed by atoms with Crippen LogP contribution in [-0.2, 0) is 33.4 Å². The number of hydrogen-bond donors (Lipinski definition) is 5. The van der Waals surface area contributed by atoms with Gasteiger partial charge >= 0.3 is 29.8 Å². The number of fused-ring (bicyclic) bond motifs is 3. The van der Waals surface area contributed by atoms with E-state index in [2.05, 4.69) is 10.6 Å². The molecular weight excluding hydrogens is 622 g/mol. The first kappa shape index (κ1) is 36.1. The maximum Gasteiger partial charge on any atom is 0.337 e. The number of nitrogens with one attached hydrogen (secondary N) is 2. The van der Waals surface area contributed by atoms with Gasteiger partial charge in [0.2, 0.25) is 11.8 Å². The number of amides is 2. The standard InChI is InChI=1S/C30H35N5O12/c1-46-29(44)18-3-5-20-21-6-4-19(30(45)47-2)12-23(21)32-25(37)14-35(17-28(42)43)10-8-33(15-26(38)39)7-9-34(16-27(40)41)13-24(36)31-22(20)11-18/h3-6,11-12H,7-10,13-17H2,1-2H3,(H,31,36)(H,32,37)(H,38,39)(H,40,41)(H,42,43). The lowest BCUT2D eigenvalue weighted by Crippen LogP contribution is -2.46. The number of methoxy groups -OCH3 is 2. The van der Waals surface area contributed by atoms with Crippen molar-refractivity contribution in [1.29, 1.82) is 0 Å². The van der Waals surface area contributed by atoms with Gasteiger partial charge in [-0.25, -0.2) is 9.59 Å². The number of carbonyl (C=O) groups is 7. The summed E-state index contributed by atoms with van der Waals surface area (Å²) in [5, 5.41) is 33.8. The molecule has 1 heterocycles. The number of carboxylic acids is 3. The molecule has 2 aromatic rings. The lowest BCUT2D eigenvalue weighted by atomic mass is 9.97. The average molecular weight is 658 g/mol. The molecule has 1 aliphatic heterocycles. The Kier molecular flexibility index (Phi) is 12.9. The highest BCUT2D eigenvalue weighted by Gasteiger charge is 2.23. The molecule has 252 valence electrons. The fourth-order valence-electron chi connectivity index (χ4n) is 4.88. The van der Waals surface area contributed by atoms with Gasteiger partial charge in [-0.3, -0.25) is 38.7 Å². The van der Waals surface area contributed by atoms with Gasteiger partial charge in [0.05, 0.1) is 58.1 Å². The smallest absolute Gasteiger partial charge is 0.337 e. The van der Waals surface area contributed by atoms with Crippen molar-refractivity contribution >= 4 is 53.0 Å². The molecule has 47 heavy (non-hydrogen) atoms. The van der Waals surface area contributed by atoms with E-state index in [0.29, 0.717) is 11.1 Å². The Balaban J connectivity index is 2.18. The topological polar surface area (TPSA) is 232 Å². The van der Waals surface area contributed by atoms with Crippen LogP contribution in [0.4, 0.5) is 11.4 Å². The van der Waals surface area contributed by atoms with Crippen LogP contribution in [0.15, 0.2) is 36.4 Å². The first-order valence-electron chi connectivity index (χ1n) is 14.2. The molecule has 0 aromatic heterocycles. The number of ether oxygens (including phenoxy) is 2. The minimum absolute atomic E-state index is 0.00914. The highest BCUT2D eigenvalue weighted by atomic mass is 16.5. The molecule has 3 rings (SSSR count). The summed E-state index contributed by atoms with van der Waals surface area (Å²) in [4.78, 5) is 90.2. The molecule has 0 saturated carbocycles. The van der Waals surface area contributed by atoms with Crippen LogP contribution >= 0.6 is 0 Å². The van der Waals surface area contributed by atoms with Gasteiger partial charge in [0.15, 0.2) is 0 Å². The van der Waals surface area contributed by atoms with Crippen LogP contribution in [0.2, 0.25) is 0 Å². The van der Waals surface area contributed by atoms with Gasteiger partial charge in [0.1, 0.15) is 0 Å². The first-order chi connectivity index (χ1) is 22.3. The summed E-state index contributed by atoms with van der Waals surface area (Å²) in [5.74, 6) is -6.46.